The molecule has 182 valence electrons. The Bertz CT molecular complexity index is 1230. The van der Waals surface area contributed by atoms with Gasteiger partial charge in [0.25, 0.3) is 0 Å². The number of carbonyl (C=O) groups excluding carboxylic acids is 1. The summed E-state index contributed by atoms with van der Waals surface area (Å²) in [5.41, 5.74) is 8.52. The van der Waals surface area contributed by atoms with E-state index in [1.54, 1.807) is 24.4 Å². The normalized spacial score (nSPS) is 19.9. The zero-order valence-corrected chi connectivity index (χ0v) is 20.7. The van der Waals surface area contributed by atoms with Crippen LogP contribution in [0.15, 0.2) is 59.6 Å². The number of anilines is 1. The van der Waals surface area contributed by atoms with Crippen LogP contribution in [0, 0.1) is 5.82 Å². The molecule has 35 heavy (non-hydrogen) atoms. The third-order valence-electron chi connectivity index (χ3n) is 6.89. The minimum atomic E-state index is -0.740. The summed E-state index contributed by atoms with van der Waals surface area (Å²) in [6.07, 6.45) is 6.74. The van der Waals surface area contributed by atoms with Crippen molar-refractivity contribution in [3.05, 3.63) is 71.7 Å². The van der Waals surface area contributed by atoms with E-state index in [4.69, 9.17) is 17.3 Å². The Labute approximate surface area is 213 Å². The number of thioether (sulfide) groups is 1. The molecule has 5 rings (SSSR count). The van der Waals surface area contributed by atoms with E-state index in [0.717, 1.165) is 43.2 Å². The number of nitrogen functional groups attached to an aromatic ring is 1. The van der Waals surface area contributed by atoms with Gasteiger partial charge in [0.15, 0.2) is 0 Å². The molecule has 5 nitrogen and oxygen atoms in total. The SMILES string of the molecule is Nc1ccc(-c2ccc(O)c(CN(C(=O)C3Sc4cccc(F)c4C3Cl)C3CCCCC3)c2)cn1. The standard InChI is InChI=1S/C27H27ClFN3O2S/c28-25-24-20(29)7-4-8-22(24)35-26(25)27(34)32(19-5-2-1-3-6-19)15-18-13-16(9-11-21(18)33)17-10-12-23(30)31-14-17/h4,7-14,19,25-26,33H,1-3,5-6,15H2,(H2,30,31). The molecular formula is C27H27ClFN3O2S. The molecule has 1 saturated carbocycles. The van der Waals surface area contributed by atoms with E-state index in [1.165, 1.54) is 17.8 Å². The van der Waals surface area contributed by atoms with Crippen molar-refractivity contribution in [1.29, 1.82) is 0 Å². The van der Waals surface area contributed by atoms with Crippen LogP contribution in [-0.2, 0) is 11.3 Å². The van der Waals surface area contributed by atoms with Crippen LogP contribution in [-0.4, -0.2) is 32.2 Å². The number of aromatic nitrogens is 1. The maximum Gasteiger partial charge on any atom is 0.238 e. The number of carbonyl (C=O) groups is 1. The maximum absolute atomic E-state index is 14.5. The van der Waals surface area contributed by atoms with Crippen LogP contribution in [0.4, 0.5) is 10.2 Å². The highest BCUT2D eigenvalue weighted by Gasteiger charge is 2.42. The zero-order chi connectivity index (χ0) is 24.5. The van der Waals surface area contributed by atoms with Crippen molar-refractivity contribution in [3.8, 4) is 16.9 Å². The molecule has 2 aromatic carbocycles. The fourth-order valence-electron chi connectivity index (χ4n) is 5.01. The lowest BCUT2D eigenvalue weighted by atomic mass is 9.93. The maximum atomic E-state index is 14.5. The summed E-state index contributed by atoms with van der Waals surface area (Å²) in [5, 5.41) is 9.34. The van der Waals surface area contributed by atoms with Gasteiger partial charge in [-0.2, -0.15) is 0 Å². The quantitative estimate of drug-likeness (QED) is 0.393. The Morgan fingerprint density at radius 2 is 1.91 bits per heavy atom. The average molecular weight is 512 g/mol. The first-order valence-electron chi connectivity index (χ1n) is 11.9. The fourth-order valence-corrected chi connectivity index (χ4v) is 6.83. The lowest BCUT2D eigenvalue weighted by Crippen LogP contribution is -2.45. The largest absolute Gasteiger partial charge is 0.508 e. The van der Waals surface area contributed by atoms with Crippen LogP contribution in [0.25, 0.3) is 11.1 Å². The van der Waals surface area contributed by atoms with E-state index in [2.05, 4.69) is 4.98 Å². The first kappa shape index (κ1) is 23.9. The summed E-state index contributed by atoms with van der Waals surface area (Å²) in [4.78, 5) is 20.7. The number of fused-ring (bicyclic) bond motifs is 1. The van der Waals surface area contributed by atoms with Crippen molar-refractivity contribution < 1.29 is 14.3 Å². The molecule has 1 amide bonds. The van der Waals surface area contributed by atoms with Crippen LogP contribution in [0.5, 0.6) is 5.75 Å². The third kappa shape index (κ3) is 4.84. The van der Waals surface area contributed by atoms with Gasteiger partial charge in [-0.25, -0.2) is 9.37 Å². The Kier molecular flexibility index (Phi) is 6.89. The molecule has 0 bridgehead atoms. The molecule has 3 aromatic rings. The van der Waals surface area contributed by atoms with Gasteiger partial charge >= 0.3 is 0 Å². The van der Waals surface area contributed by atoms with Crippen LogP contribution in [0.1, 0.15) is 48.6 Å². The number of alkyl halides is 1. The highest BCUT2D eigenvalue weighted by Crippen LogP contribution is 2.49. The van der Waals surface area contributed by atoms with Crippen molar-refractivity contribution in [2.75, 3.05) is 5.73 Å². The summed E-state index contributed by atoms with van der Waals surface area (Å²) in [6.45, 7) is 0.255. The minimum absolute atomic E-state index is 0.0514. The third-order valence-corrected chi connectivity index (χ3v) is 8.85. The summed E-state index contributed by atoms with van der Waals surface area (Å²) < 4.78 is 14.5. The molecule has 1 aromatic heterocycles. The van der Waals surface area contributed by atoms with Crippen LogP contribution in [0.2, 0.25) is 0 Å². The monoisotopic (exact) mass is 511 g/mol. The van der Waals surface area contributed by atoms with Crippen LogP contribution < -0.4 is 5.73 Å². The van der Waals surface area contributed by atoms with Crippen molar-refractivity contribution in [2.24, 2.45) is 0 Å². The summed E-state index contributed by atoms with van der Waals surface area (Å²) in [6, 6.07) is 13.9. The minimum Gasteiger partial charge on any atom is -0.508 e. The number of hydrogen-bond donors (Lipinski definition) is 2. The summed E-state index contributed by atoms with van der Waals surface area (Å²) >= 11 is 8.00. The van der Waals surface area contributed by atoms with E-state index in [9.17, 15) is 14.3 Å². The van der Waals surface area contributed by atoms with Gasteiger partial charge in [-0.05, 0) is 54.8 Å². The van der Waals surface area contributed by atoms with Gasteiger partial charge in [0.05, 0.1) is 5.38 Å². The van der Waals surface area contributed by atoms with Gasteiger partial charge in [-0.3, -0.25) is 4.79 Å². The number of hydrogen-bond acceptors (Lipinski definition) is 5. The molecule has 8 heteroatoms. The van der Waals surface area contributed by atoms with Gasteiger partial charge in [0.2, 0.25) is 5.91 Å². The number of halogens is 2. The topological polar surface area (TPSA) is 79.5 Å². The van der Waals surface area contributed by atoms with E-state index >= 15 is 0 Å². The van der Waals surface area contributed by atoms with Crippen molar-refractivity contribution in [3.63, 3.8) is 0 Å². The van der Waals surface area contributed by atoms with E-state index in [-0.39, 0.29) is 30.1 Å². The Balaban J connectivity index is 1.45. The van der Waals surface area contributed by atoms with Gasteiger partial charge in [-0.15, -0.1) is 23.4 Å². The molecule has 0 spiro atoms. The Morgan fingerprint density at radius 1 is 1.14 bits per heavy atom. The van der Waals surface area contributed by atoms with Crippen molar-refractivity contribution >= 4 is 35.1 Å². The second kappa shape index (κ2) is 10.1. The number of phenols is 1. The highest BCUT2D eigenvalue weighted by atomic mass is 35.5. The number of pyridine rings is 1. The molecule has 1 aliphatic carbocycles. The molecule has 1 fully saturated rings. The molecule has 2 aliphatic rings. The molecule has 2 atom stereocenters. The molecular weight excluding hydrogens is 485 g/mol. The predicted octanol–water partition coefficient (Wildman–Crippen LogP) is 6.29. The van der Waals surface area contributed by atoms with E-state index in [0.29, 0.717) is 21.8 Å². The zero-order valence-electron chi connectivity index (χ0n) is 19.2. The predicted molar refractivity (Wildman–Crippen MR) is 138 cm³/mol. The average Bonchev–Trinajstić information content (AvgIpc) is 3.21. The number of aromatic hydroxyl groups is 1. The highest BCUT2D eigenvalue weighted by molar-refractivity contribution is 8.01. The Hall–Kier alpha value is -2.77. The van der Waals surface area contributed by atoms with Crippen molar-refractivity contribution in [2.45, 2.75) is 60.2 Å². The second-order valence-electron chi connectivity index (χ2n) is 9.17. The molecule has 3 N–H and O–H groups in total. The Morgan fingerprint density at radius 3 is 2.63 bits per heavy atom. The number of amides is 1. The van der Waals surface area contributed by atoms with E-state index in [1.807, 2.05) is 29.2 Å². The van der Waals surface area contributed by atoms with Crippen molar-refractivity contribution in [1.82, 2.24) is 9.88 Å². The van der Waals surface area contributed by atoms with Gasteiger partial charge < -0.3 is 15.7 Å². The van der Waals surface area contributed by atoms with E-state index < -0.39 is 10.6 Å². The first-order chi connectivity index (χ1) is 16.9. The van der Waals surface area contributed by atoms with Crippen LogP contribution in [0.3, 0.4) is 0 Å². The van der Waals surface area contributed by atoms with Gasteiger partial charge in [0.1, 0.15) is 22.6 Å². The number of rotatable bonds is 5. The second-order valence-corrected chi connectivity index (χ2v) is 10.8. The smallest absolute Gasteiger partial charge is 0.238 e. The van der Waals surface area contributed by atoms with Gasteiger partial charge in [0, 0.05) is 40.4 Å². The lowest BCUT2D eigenvalue weighted by molar-refractivity contribution is -0.134. The molecule has 2 heterocycles. The first-order valence-corrected chi connectivity index (χ1v) is 13.2. The number of nitrogens with two attached hydrogens (primary N) is 1. The van der Waals surface area contributed by atoms with Crippen LogP contribution >= 0.6 is 23.4 Å². The van der Waals surface area contributed by atoms with Gasteiger partial charge in [-0.1, -0.05) is 31.4 Å². The number of benzene rings is 2. The molecule has 2 unspecified atom stereocenters. The molecule has 0 radical (unpaired) electrons. The fraction of sp³-hybridized carbons (Fsp3) is 0.333. The summed E-state index contributed by atoms with van der Waals surface area (Å²) in [5.74, 6) is 0.0685. The number of phenolic OH excluding ortho intramolecular Hbond substituents is 1. The molecule has 1 aliphatic heterocycles. The lowest BCUT2D eigenvalue weighted by Gasteiger charge is -2.36. The summed E-state index contributed by atoms with van der Waals surface area (Å²) in [7, 11) is 0. The number of nitrogens with zero attached hydrogens (tertiary/aromatic N) is 2. The molecule has 0 saturated heterocycles.